The number of ether oxygens (including phenoxy) is 4. The summed E-state index contributed by atoms with van der Waals surface area (Å²) in [5.41, 5.74) is 6.43. The highest BCUT2D eigenvalue weighted by molar-refractivity contribution is 5.95. The molecule has 0 N–H and O–H groups in total. The average molecular weight is 704 g/mol. The summed E-state index contributed by atoms with van der Waals surface area (Å²) in [6.45, 7) is 4.58. The SMILES string of the molecule is COCCCN1CC(COC2CN(C(=O)OCc3ccccc3)CCC2c2ccc(CC(=O)N3CCCc4ccccc43)cc2)Oc2ccccc21. The number of carbonyl (C=O) groups is 2. The highest BCUT2D eigenvalue weighted by atomic mass is 16.6. The van der Waals surface area contributed by atoms with Gasteiger partial charge in [0.25, 0.3) is 0 Å². The lowest BCUT2D eigenvalue weighted by atomic mass is 9.86. The van der Waals surface area contributed by atoms with Crippen molar-refractivity contribution in [3.8, 4) is 5.75 Å². The Bertz CT molecular complexity index is 1780. The molecule has 9 nitrogen and oxygen atoms in total. The fraction of sp³-hybridized carbons (Fsp3) is 0.395. The predicted octanol–water partition coefficient (Wildman–Crippen LogP) is 7.02. The largest absolute Gasteiger partial charge is 0.484 e. The van der Waals surface area contributed by atoms with Gasteiger partial charge < -0.3 is 33.6 Å². The molecule has 272 valence electrons. The van der Waals surface area contributed by atoms with Gasteiger partial charge in [-0.3, -0.25) is 4.79 Å². The van der Waals surface area contributed by atoms with E-state index in [-0.39, 0.29) is 36.7 Å². The number of likely N-dealkylation sites (tertiary alicyclic amines) is 1. The molecule has 52 heavy (non-hydrogen) atoms. The molecule has 0 radical (unpaired) electrons. The van der Waals surface area contributed by atoms with Crippen LogP contribution in [0.1, 0.15) is 47.4 Å². The van der Waals surface area contributed by atoms with Gasteiger partial charge in [-0.2, -0.15) is 0 Å². The van der Waals surface area contributed by atoms with Crippen molar-refractivity contribution >= 4 is 23.4 Å². The van der Waals surface area contributed by atoms with E-state index in [2.05, 4.69) is 47.4 Å². The van der Waals surface area contributed by atoms with E-state index in [0.717, 1.165) is 72.6 Å². The van der Waals surface area contributed by atoms with Crippen molar-refractivity contribution < 1.29 is 28.5 Å². The number of nitrogens with zero attached hydrogens (tertiary/aromatic N) is 3. The van der Waals surface area contributed by atoms with E-state index in [1.807, 2.05) is 65.6 Å². The van der Waals surface area contributed by atoms with Crippen LogP contribution >= 0.6 is 0 Å². The molecule has 9 heteroatoms. The van der Waals surface area contributed by atoms with Gasteiger partial charge in [-0.25, -0.2) is 4.79 Å². The highest BCUT2D eigenvalue weighted by Gasteiger charge is 2.36. The number of amides is 2. The van der Waals surface area contributed by atoms with Crippen LogP contribution in [0.3, 0.4) is 0 Å². The van der Waals surface area contributed by atoms with Crippen molar-refractivity contribution in [3.05, 3.63) is 125 Å². The maximum atomic E-state index is 13.5. The lowest BCUT2D eigenvalue weighted by molar-refractivity contribution is -0.118. The monoisotopic (exact) mass is 703 g/mol. The molecule has 3 atom stereocenters. The van der Waals surface area contributed by atoms with E-state index >= 15 is 0 Å². The van der Waals surface area contributed by atoms with E-state index in [1.165, 1.54) is 5.56 Å². The second-order valence-corrected chi connectivity index (χ2v) is 13.9. The van der Waals surface area contributed by atoms with E-state index < -0.39 is 0 Å². The smallest absolute Gasteiger partial charge is 0.410 e. The average Bonchev–Trinajstić information content (AvgIpc) is 3.19. The first-order valence-corrected chi connectivity index (χ1v) is 18.6. The third-order valence-corrected chi connectivity index (χ3v) is 10.4. The molecule has 3 heterocycles. The minimum Gasteiger partial charge on any atom is -0.484 e. The Morgan fingerprint density at radius 3 is 2.42 bits per heavy atom. The number of piperidine rings is 1. The molecule has 2 amide bonds. The molecule has 0 saturated carbocycles. The van der Waals surface area contributed by atoms with Crippen molar-refractivity contribution in [1.82, 2.24) is 4.90 Å². The standard InChI is InChI=1S/C43H49N3O6/c1-49-26-10-23-44-28-36(52-40-17-8-7-16-39(40)44)31-50-41-29-45(43(48)51-30-33-11-3-2-4-12-33)25-22-37(41)34-20-18-32(19-21-34)27-42(47)46-24-9-14-35-13-5-6-15-38(35)46/h2-8,11-13,15-21,36-37,41H,9-10,14,22-31H2,1H3. The minimum atomic E-state index is -0.337. The van der Waals surface area contributed by atoms with E-state index in [1.54, 1.807) is 12.0 Å². The van der Waals surface area contributed by atoms with E-state index in [9.17, 15) is 9.59 Å². The molecule has 3 aliphatic heterocycles. The minimum absolute atomic E-state index is 0.0607. The van der Waals surface area contributed by atoms with Crippen LogP contribution < -0.4 is 14.5 Å². The first-order valence-electron chi connectivity index (χ1n) is 18.6. The quantitative estimate of drug-likeness (QED) is 0.147. The Kier molecular flexibility index (Phi) is 11.7. The fourth-order valence-electron chi connectivity index (χ4n) is 7.70. The van der Waals surface area contributed by atoms with E-state index in [4.69, 9.17) is 18.9 Å². The number of rotatable bonds is 12. The Labute approximate surface area is 307 Å². The van der Waals surface area contributed by atoms with Gasteiger partial charge in [0, 0.05) is 45.0 Å². The molecule has 3 aliphatic rings. The molecule has 1 saturated heterocycles. The summed E-state index contributed by atoms with van der Waals surface area (Å²) in [7, 11) is 1.73. The summed E-state index contributed by atoms with van der Waals surface area (Å²) in [5, 5.41) is 0. The van der Waals surface area contributed by atoms with Crippen LogP contribution in [0.25, 0.3) is 0 Å². The third-order valence-electron chi connectivity index (χ3n) is 10.4. The molecule has 0 aliphatic carbocycles. The molecule has 4 aromatic carbocycles. The zero-order chi connectivity index (χ0) is 35.7. The summed E-state index contributed by atoms with van der Waals surface area (Å²) in [6, 6.07) is 34.5. The molecule has 4 aromatic rings. The third kappa shape index (κ3) is 8.60. The molecule has 0 aromatic heterocycles. The van der Waals surface area contributed by atoms with Gasteiger partial charge in [-0.15, -0.1) is 0 Å². The lowest BCUT2D eigenvalue weighted by Gasteiger charge is -2.40. The van der Waals surface area contributed by atoms with Gasteiger partial charge in [-0.05, 0) is 66.1 Å². The summed E-state index contributed by atoms with van der Waals surface area (Å²) >= 11 is 0. The van der Waals surface area contributed by atoms with Gasteiger partial charge in [-0.1, -0.05) is 84.9 Å². The molecule has 3 unspecified atom stereocenters. The van der Waals surface area contributed by atoms with Gasteiger partial charge in [0.05, 0.1) is 37.9 Å². The van der Waals surface area contributed by atoms with Crippen LogP contribution in [0.15, 0.2) is 103 Å². The van der Waals surface area contributed by atoms with Crippen LogP contribution in [0.2, 0.25) is 0 Å². The van der Waals surface area contributed by atoms with Crippen LogP contribution in [-0.2, 0) is 38.5 Å². The van der Waals surface area contributed by atoms with Crippen molar-refractivity contribution in [2.45, 2.75) is 56.8 Å². The van der Waals surface area contributed by atoms with Gasteiger partial charge in [0.2, 0.25) is 5.91 Å². The number of methoxy groups -OCH3 is 1. The number of aryl methyl sites for hydroxylation is 1. The van der Waals surface area contributed by atoms with Crippen LogP contribution in [0.5, 0.6) is 5.75 Å². The maximum absolute atomic E-state index is 13.5. The Morgan fingerprint density at radius 2 is 1.60 bits per heavy atom. The van der Waals surface area contributed by atoms with Gasteiger partial charge >= 0.3 is 6.09 Å². The fourth-order valence-corrected chi connectivity index (χ4v) is 7.70. The summed E-state index contributed by atoms with van der Waals surface area (Å²) in [5.74, 6) is 1.03. The maximum Gasteiger partial charge on any atom is 0.410 e. The number of carbonyl (C=O) groups excluding carboxylic acids is 2. The lowest BCUT2D eigenvalue weighted by Crippen LogP contribution is -2.49. The summed E-state index contributed by atoms with van der Waals surface area (Å²) in [6.07, 6.45) is 3.20. The zero-order valence-corrected chi connectivity index (χ0v) is 30.0. The van der Waals surface area contributed by atoms with Gasteiger partial charge in [0.1, 0.15) is 18.5 Å². The number of hydrogen-bond acceptors (Lipinski definition) is 7. The van der Waals surface area contributed by atoms with Crippen molar-refractivity contribution in [2.24, 2.45) is 0 Å². The molecule has 0 spiro atoms. The highest BCUT2D eigenvalue weighted by Crippen LogP contribution is 2.35. The first kappa shape index (κ1) is 35.5. The van der Waals surface area contributed by atoms with Crippen LogP contribution in [-0.4, -0.2) is 82.2 Å². The second kappa shape index (κ2) is 17.1. The molecule has 7 rings (SSSR count). The second-order valence-electron chi connectivity index (χ2n) is 13.9. The van der Waals surface area contributed by atoms with Crippen molar-refractivity contribution in [2.75, 3.05) is 62.8 Å². The predicted molar refractivity (Wildman–Crippen MR) is 202 cm³/mol. The molecular formula is C43H49N3O6. The topological polar surface area (TPSA) is 80.8 Å². The number of anilines is 2. The first-order chi connectivity index (χ1) is 25.6. The zero-order valence-electron chi connectivity index (χ0n) is 30.0. The van der Waals surface area contributed by atoms with E-state index in [0.29, 0.717) is 39.3 Å². The number of para-hydroxylation sites is 3. The number of fused-ring (bicyclic) bond motifs is 2. The summed E-state index contributed by atoms with van der Waals surface area (Å²) < 4.78 is 24.2. The summed E-state index contributed by atoms with van der Waals surface area (Å²) in [4.78, 5) is 32.8. The normalized spacial score (nSPS) is 19.7. The Hall–Kier alpha value is -4.86. The van der Waals surface area contributed by atoms with Gasteiger partial charge in [0.15, 0.2) is 0 Å². The van der Waals surface area contributed by atoms with Crippen LogP contribution in [0.4, 0.5) is 16.2 Å². The Balaban J connectivity index is 1.04. The molecular weight excluding hydrogens is 654 g/mol. The van der Waals surface area contributed by atoms with Crippen molar-refractivity contribution in [1.29, 1.82) is 0 Å². The number of benzene rings is 4. The molecule has 1 fully saturated rings. The van der Waals surface area contributed by atoms with Crippen LogP contribution in [0, 0.1) is 0 Å². The molecule has 0 bridgehead atoms. The Morgan fingerprint density at radius 1 is 0.827 bits per heavy atom. The number of hydrogen-bond donors (Lipinski definition) is 0. The van der Waals surface area contributed by atoms with Crippen molar-refractivity contribution in [3.63, 3.8) is 0 Å².